The lowest BCUT2D eigenvalue weighted by molar-refractivity contribution is 0.192. The van der Waals surface area contributed by atoms with E-state index in [1.165, 1.54) is 38.9 Å². The van der Waals surface area contributed by atoms with Gasteiger partial charge in [0, 0.05) is 18.3 Å². The zero-order valence-electron chi connectivity index (χ0n) is 8.83. The monoisotopic (exact) mass is 199 g/mol. The first-order valence-electron chi connectivity index (χ1n) is 5.54. The first-order valence-corrected chi connectivity index (χ1v) is 6.83. The number of hydrogen-bond acceptors (Lipinski definition) is 2. The highest BCUT2D eigenvalue weighted by molar-refractivity contribution is 7.99. The molecule has 2 atom stereocenters. The molecule has 1 nitrogen and oxygen atoms in total. The molecule has 1 aliphatic heterocycles. The van der Waals surface area contributed by atoms with Crippen LogP contribution in [0.1, 0.15) is 26.2 Å². The van der Waals surface area contributed by atoms with E-state index in [1.54, 1.807) is 0 Å². The number of thioether (sulfide) groups is 1. The van der Waals surface area contributed by atoms with Crippen LogP contribution in [0.3, 0.4) is 0 Å². The Kier molecular flexibility index (Phi) is 3.20. The maximum Gasteiger partial charge on any atom is 0.0198 e. The fraction of sp³-hybridized carbons (Fsp3) is 1.00. The molecule has 0 aromatic rings. The van der Waals surface area contributed by atoms with Gasteiger partial charge in [-0.1, -0.05) is 6.92 Å². The van der Waals surface area contributed by atoms with Gasteiger partial charge in [-0.3, -0.25) is 0 Å². The second-order valence-electron chi connectivity index (χ2n) is 4.74. The van der Waals surface area contributed by atoms with Gasteiger partial charge in [0.2, 0.25) is 0 Å². The molecular formula is C11H21NS. The van der Waals surface area contributed by atoms with Crippen LogP contribution < -0.4 is 0 Å². The number of hydrogen-bond donors (Lipinski definition) is 0. The van der Waals surface area contributed by atoms with Gasteiger partial charge in [0.05, 0.1) is 0 Å². The predicted molar refractivity (Wildman–Crippen MR) is 60.2 cm³/mol. The van der Waals surface area contributed by atoms with Gasteiger partial charge < -0.3 is 4.90 Å². The summed E-state index contributed by atoms with van der Waals surface area (Å²) >= 11 is 2.06. The Morgan fingerprint density at radius 3 is 2.69 bits per heavy atom. The summed E-state index contributed by atoms with van der Waals surface area (Å²) in [4.78, 5) is 2.69. The summed E-state index contributed by atoms with van der Waals surface area (Å²) < 4.78 is 0. The van der Waals surface area contributed by atoms with Gasteiger partial charge >= 0.3 is 0 Å². The third-order valence-electron chi connectivity index (χ3n) is 3.49. The van der Waals surface area contributed by atoms with Gasteiger partial charge in [-0.15, -0.1) is 0 Å². The van der Waals surface area contributed by atoms with E-state index in [4.69, 9.17) is 0 Å². The van der Waals surface area contributed by atoms with Crippen molar-refractivity contribution < 1.29 is 0 Å². The maximum atomic E-state index is 2.69. The van der Waals surface area contributed by atoms with E-state index >= 15 is 0 Å². The minimum absolute atomic E-state index is 0.896. The van der Waals surface area contributed by atoms with Crippen LogP contribution in [0.2, 0.25) is 0 Å². The molecule has 0 aromatic heterocycles. The van der Waals surface area contributed by atoms with Crippen molar-refractivity contribution in [2.45, 2.75) is 31.4 Å². The molecule has 1 aliphatic carbocycles. The van der Waals surface area contributed by atoms with E-state index in [2.05, 4.69) is 29.8 Å². The number of piperidine rings is 1. The Balaban J connectivity index is 1.78. The second-order valence-corrected chi connectivity index (χ2v) is 5.82. The molecule has 76 valence electrons. The molecule has 0 unspecified atom stereocenters. The maximum absolute atomic E-state index is 2.69. The zero-order chi connectivity index (χ0) is 9.26. The summed E-state index contributed by atoms with van der Waals surface area (Å²) in [5.41, 5.74) is 0. The molecule has 2 fully saturated rings. The summed E-state index contributed by atoms with van der Waals surface area (Å²) in [5, 5.41) is 0.896. The Hall–Kier alpha value is 0.310. The molecule has 0 bridgehead atoms. The smallest absolute Gasteiger partial charge is 0.0198 e. The van der Waals surface area contributed by atoms with Gasteiger partial charge in [-0.2, -0.15) is 11.8 Å². The highest BCUT2D eigenvalue weighted by Crippen LogP contribution is 2.32. The van der Waals surface area contributed by atoms with E-state index in [0.717, 1.165) is 17.1 Å². The fourth-order valence-corrected chi connectivity index (χ4v) is 3.20. The van der Waals surface area contributed by atoms with Crippen LogP contribution in [0.4, 0.5) is 0 Å². The number of likely N-dealkylation sites (tertiary alicyclic amines) is 1. The van der Waals surface area contributed by atoms with Crippen molar-refractivity contribution in [3.05, 3.63) is 0 Å². The molecule has 0 aromatic carbocycles. The summed E-state index contributed by atoms with van der Waals surface area (Å²) in [5.74, 6) is 2.00. The van der Waals surface area contributed by atoms with Crippen molar-refractivity contribution in [2.24, 2.45) is 11.8 Å². The quantitative estimate of drug-likeness (QED) is 0.687. The molecule has 2 heteroatoms. The third kappa shape index (κ3) is 2.63. The lowest BCUT2D eigenvalue weighted by Gasteiger charge is -2.36. The minimum Gasteiger partial charge on any atom is -0.302 e. The van der Waals surface area contributed by atoms with Crippen molar-refractivity contribution in [1.29, 1.82) is 0 Å². The van der Waals surface area contributed by atoms with Crippen LogP contribution in [-0.4, -0.2) is 36.0 Å². The second kappa shape index (κ2) is 4.22. The van der Waals surface area contributed by atoms with Crippen LogP contribution in [0, 0.1) is 11.8 Å². The average Bonchev–Trinajstić information content (AvgIpc) is 2.92. The Morgan fingerprint density at radius 1 is 1.31 bits per heavy atom. The Morgan fingerprint density at radius 2 is 2.08 bits per heavy atom. The number of rotatable bonds is 3. The molecule has 0 N–H and O–H groups in total. The van der Waals surface area contributed by atoms with Crippen LogP contribution >= 0.6 is 11.8 Å². The van der Waals surface area contributed by atoms with E-state index in [-0.39, 0.29) is 0 Å². The molecule has 0 amide bonds. The highest BCUT2D eigenvalue weighted by Gasteiger charge is 2.29. The first-order chi connectivity index (χ1) is 6.29. The van der Waals surface area contributed by atoms with Crippen LogP contribution in [-0.2, 0) is 0 Å². The summed E-state index contributed by atoms with van der Waals surface area (Å²) in [6, 6.07) is 0. The molecule has 1 saturated carbocycles. The normalized spacial score (nSPS) is 36.5. The predicted octanol–water partition coefficient (Wildman–Crippen LogP) is 2.47. The van der Waals surface area contributed by atoms with Crippen molar-refractivity contribution in [2.75, 3.05) is 25.9 Å². The largest absolute Gasteiger partial charge is 0.302 e. The van der Waals surface area contributed by atoms with Gasteiger partial charge in [-0.05, 0) is 43.9 Å². The van der Waals surface area contributed by atoms with E-state index in [0.29, 0.717) is 0 Å². The molecule has 2 rings (SSSR count). The summed E-state index contributed by atoms with van der Waals surface area (Å²) in [6.45, 7) is 6.51. The van der Waals surface area contributed by atoms with Crippen LogP contribution in [0.25, 0.3) is 0 Å². The standard InChI is InChI=1S/C11H21NS/c1-9-5-6-12(7-10-3-4-10)8-11(9)13-2/h9-11H,3-8H2,1-2H3/t9-,11-/m1/s1. The lowest BCUT2D eigenvalue weighted by atomic mass is 9.98. The number of nitrogens with zero attached hydrogens (tertiary/aromatic N) is 1. The van der Waals surface area contributed by atoms with Crippen molar-refractivity contribution in [1.82, 2.24) is 4.90 Å². The molecule has 2 aliphatic rings. The average molecular weight is 199 g/mol. The molecule has 0 spiro atoms. The molecule has 1 saturated heterocycles. The molecular weight excluding hydrogens is 178 g/mol. The summed E-state index contributed by atoms with van der Waals surface area (Å²) in [6.07, 6.45) is 6.67. The van der Waals surface area contributed by atoms with Crippen molar-refractivity contribution in [3.63, 3.8) is 0 Å². The molecule has 13 heavy (non-hydrogen) atoms. The van der Waals surface area contributed by atoms with Gasteiger partial charge in [0.15, 0.2) is 0 Å². The SMILES string of the molecule is CS[C@@H]1CN(CC2CC2)CC[C@H]1C. The van der Waals surface area contributed by atoms with Gasteiger partial charge in [0.1, 0.15) is 0 Å². The minimum atomic E-state index is 0.896. The highest BCUT2D eigenvalue weighted by atomic mass is 32.2. The fourth-order valence-electron chi connectivity index (χ4n) is 2.24. The lowest BCUT2D eigenvalue weighted by Crippen LogP contribution is -2.42. The van der Waals surface area contributed by atoms with Crippen molar-refractivity contribution >= 4 is 11.8 Å². The van der Waals surface area contributed by atoms with E-state index in [1.807, 2.05) is 0 Å². The third-order valence-corrected chi connectivity index (χ3v) is 4.71. The van der Waals surface area contributed by atoms with Crippen molar-refractivity contribution in [3.8, 4) is 0 Å². The van der Waals surface area contributed by atoms with Crippen LogP contribution in [0.5, 0.6) is 0 Å². The Bertz CT molecular complexity index is 167. The molecule has 0 radical (unpaired) electrons. The van der Waals surface area contributed by atoms with E-state index < -0.39 is 0 Å². The topological polar surface area (TPSA) is 3.24 Å². The zero-order valence-corrected chi connectivity index (χ0v) is 9.65. The Labute approximate surface area is 86.3 Å². The van der Waals surface area contributed by atoms with Gasteiger partial charge in [-0.25, -0.2) is 0 Å². The van der Waals surface area contributed by atoms with E-state index in [9.17, 15) is 0 Å². The van der Waals surface area contributed by atoms with Crippen LogP contribution in [0.15, 0.2) is 0 Å². The first kappa shape index (κ1) is 9.85. The molecule has 1 heterocycles. The van der Waals surface area contributed by atoms with Gasteiger partial charge in [0.25, 0.3) is 0 Å². The summed E-state index contributed by atoms with van der Waals surface area (Å²) in [7, 11) is 0.